The molecule has 0 aliphatic rings. The van der Waals surface area contributed by atoms with Gasteiger partial charge in [-0.1, -0.05) is 0 Å². The van der Waals surface area contributed by atoms with E-state index >= 15 is 0 Å². The number of hydrogen-bond acceptors (Lipinski definition) is 6. The van der Waals surface area contributed by atoms with Crippen molar-refractivity contribution in [2.24, 2.45) is 0 Å². The summed E-state index contributed by atoms with van der Waals surface area (Å²) < 4.78 is 7.31. The molecule has 3 aromatic heterocycles. The number of aromatic amines is 1. The number of amides is 1. The second kappa shape index (κ2) is 8.35. The Labute approximate surface area is 183 Å². The Morgan fingerprint density at radius 2 is 2.06 bits per heavy atom. The van der Waals surface area contributed by atoms with Gasteiger partial charge in [0.05, 0.1) is 6.42 Å². The van der Waals surface area contributed by atoms with Crippen LogP contribution in [0.5, 0.6) is 11.6 Å². The highest BCUT2D eigenvalue weighted by atomic mass is 16.5. The van der Waals surface area contributed by atoms with E-state index in [1.54, 1.807) is 41.0 Å². The summed E-state index contributed by atoms with van der Waals surface area (Å²) in [4.78, 5) is 32.9. The topological polar surface area (TPSA) is 125 Å². The van der Waals surface area contributed by atoms with Crippen LogP contribution in [-0.4, -0.2) is 25.5 Å². The number of nitrogens with zero attached hydrogens (tertiary/aromatic N) is 4. The van der Waals surface area contributed by atoms with Crippen molar-refractivity contribution >= 4 is 17.2 Å². The van der Waals surface area contributed by atoms with Gasteiger partial charge in [-0.2, -0.15) is 5.26 Å². The van der Waals surface area contributed by atoms with Crippen molar-refractivity contribution in [3.63, 3.8) is 0 Å². The Bertz CT molecular complexity index is 1440. The van der Waals surface area contributed by atoms with Crippen molar-refractivity contribution in [3.8, 4) is 17.7 Å². The Morgan fingerprint density at radius 3 is 2.81 bits per heavy atom. The summed E-state index contributed by atoms with van der Waals surface area (Å²) in [5, 5.41) is 14.8. The fourth-order valence-electron chi connectivity index (χ4n) is 3.48. The number of carbonyl (C=O) groups excluding carboxylic acids is 1. The van der Waals surface area contributed by atoms with Crippen LogP contribution >= 0.6 is 0 Å². The number of anilines is 1. The fourth-order valence-corrected chi connectivity index (χ4v) is 3.48. The number of ether oxygens (including phenoxy) is 1. The molecule has 1 amide bonds. The minimum Gasteiger partial charge on any atom is -0.438 e. The van der Waals surface area contributed by atoms with E-state index < -0.39 is 0 Å². The van der Waals surface area contributed by atoms with Crippen LogP contribution in [0.25, 0.3) is 5.65 Å². The number of nitriles is 1. The molecule has 2 N–H and O–H groups in total. The summed E-state index contributed by atoms with van der Waals surface area (Å²) in [6.07, 6.45) is 1.66. The normalized spacial score (nSPS) is 10.7. The van der Waals surface area contributed by atoms with E-state index in [1.807, 2.05) is 26.8 Å². The zero-order valence-electron chi connectivity index (χ0n) is 17.8. The molecule has 0 saturated carbocycles. The summed E-state index contributed by atoms with van der Waals surface area (Å²) in [7, 11) is 0. The third kappa shape index (κ3) is 4.06. The number of hydrogen-bond donors (Lipinski definition) is 2. The van der Waals surface area contributed by atoms with Crippen LogP contribution in [0, 0.1) is 32.1 Å². The van der Waals surface area contributed by atoms with E-state index in [4.69, 9.17) is 4.74 Å². The number of H-pyrrole nitrogens is 1. The molecule has 9 nitrogen and oxygen atoms in total. The molecule has 3 heterocycles. The van der Waals surface area contributed by atoms with Gasteiger partial charge < -0.3 is 10.1 Å². The van der Waals surface area contributed by atoms with Crippen LogP contribution in [0.4, 0.5) is 5.69 Å². The average Bonchev–Trinajstić information content (AvgIpc) is 3.13. The lowest BCUT2D eigenvalue weighted by Gasteiger charge is -2.13. The monoisotopic (exact) mass is 428 g/mol. The summed E-state index contributed by atoms with van der Waals surface area (Å²) in [6.45, 7) is 5.50. The van der Waals surface area contributed by atoms with Gasteiger partial charge in [0, 0.05) is 34.9 Å². The molecule has 0 radical (unpaired) electrons. The van der Waals surface area contributed by atoms with Crippen molar-refractivity contribution in [2.75, 3.05) is 5.32 Å². The molecule has 0 saturated heterocycles. The third-order valence-corrected chi connectivity index (χ3v) is 5.12. The van der Waals surface area contributed by atoms with Crippen LogP contribution in [-0.2, 0) is 11.2 Å². The molecule has 0 aliphatic carbocycles. The van der Waals surface area contributed by atoms with Gasteiger partial charge in [0.2, 0.25) is 11.8 Å². The number of pyridine rings is 1. The molecule has 0 aliphatic heterocycles. The maximum absolute atomic E-state index is 12.7. The van der Waals surface area contributed by atoms with Gasteiger partial charge in [0.1, 0.15) is 17.4 Å². The van der Waals surface area contributed by atoms with Crippen molar-refractivity contribution in [1.82, 2.24) is 19.6 Å². The number of aryl methyl sites for hydroxylation is 3. The fraction of sp³-hybridized carbons (Fsp3) is 0.174. The zero-order valence-corrected chi connectivity index (χ0v) is 17.8. The van der Waals surface area contributed by atoms with Crippen LogP contribution in [0.2, 0.25) is 0 Å². The lowest BCUT2D eigenvalue weighted by Crippen LogP contribution is -2.18. The van der Waals surface area contributed by atoms with Gasteiger partial charge in [-0.05, 0) is 56.7 Å². The first kappa shape index (κ1) is 20.8. The maximum Gasteiger partial charge on any atom is 0.266 e. The second-order valence-electron chi connectivity index (χ2n) is 7.35. The molecule has 0 spiro atoms. The van der Waals surface area contributed by atoms with Crippen molar-refractivity contribution in [3.05, 3.63) is 81.0 Å². The lowest BCUT2D eigenvalue weighted by atomic mass is 10.1. The molecule has 4 aromatic rings. The van der Waals surface area contributed by atoms with Crippen LogP contribution < -0.4 is 15.6 Å². The SMILES string of the molecule is Cc1cc(Oc2ncccc2C#N)ccc1NC(=O)Cc1c(C)nc2cc(=O)[nH]n2c1C. The van der Waals surface area contributed by atoms with E-state index in [-0.39, 0.29) is 23.8 Å². The van der Waals surface area contributed by atoms with Gasteiger partial charge >= 0.3 is 0 Å². The van der Waals surface area contributed by atoms with Gasteiger partial charge in [0.25, 0.3) is 5.56 Å². The lowest BCUT2D eigenvalue weighted by molar-refractivity contribution is -0.115. The quantitative estimate of drug-likeness (QED) is 0.503. The largest absolute Gasteiger partial charge is 0.438 e. The second-order valence-corrected chi connectivity index (χ2v) is 7.35. The number of benzene rings is 1. The van der Waals surface area contributed by atoms with Crippen LogP contribution in [0.3, 0.4) is 0 Å². The van der Waals surface area contributed by atoms with Crippen molar-refractivity contribution in [2.45, 2.75) is 27.2 Å². The summed E-state index contributed by atoms with van der Waals surface area (Å²) >= 11 is 0. The molecule has 0 fully saturated rings. The third-order valence-electron chi connectivity index (χ3n) is 5.12. The van der Waals surface area contributed by atoms with Crippen molar-refractivity contribution in [1.29, 1.82) is 5.26 Å². The Hall–Kier alpha value is -4.45. The van der Waals surface area contributed by atoms with E-state index in [9.17, 15) is 14.9 Å². The molecule has 32 heavy (non-hydrogen) atoms. The molecule has 9 heteroatoms. The predicted octanol–water partition coefficient (Wildman–Crippen LogP) is 3.19. The first-order valence-electron chi connectivity index (χ1n) is 9.87. The molecule has 4 rings (SSSR count). The first-order chi connectivity index (χ1) is 15.4. The Morgan fingerprint density at radius 1 is 1.25 bits per heavy atom. The number of carbonyl (C=O) groups is 1. The molecule has 0 bridgehead atoms. The number of nitrogens with one attached hydrogen (secondary N) is 2. The Balaban J connectivity index is 1.51. The Kier molecular flexibility index (Phi) is 5.43. The smallest absolute Gasteiger partial charge is 0.266 e. The minimum absolute atomic E-state index is 0.109. The number of rotatable bonds is 5. The van der Waals surface area contributed by atoms with E-state index in [0.29, 0.717) is 28.3 Å². The molecule has 0 unspecified atom stereocenters. The van der Waals surface area contributed by atoms with E-state index in [2.05, 4.69) is 20.4 Å². The van der Waals surface area contributed by atoms with Gasteiger partial charge in [-0.3, -0.25) is 14.7 Å². The maximum atomic E-state index is 12.7. The van der Waals surface area contributed by atoms with Gasteiger partial charge in [-0.15, -0.1) is 0 Å². The van der Waals surface area contributed by atoms with Gasteiger partial charge in [-0.25, -0.2) is 14.5 Å². The minimum atomic E-state index is -0.243. The highest BCUT2D eigenvalue weighted by Gasteiger charge is 2.15. The zero-order chi connectivity index (χ0) is 22.8. The average molecular weight is 428 g/mol. The number of aromatic nitrogens is 4. The summed E-state index contributed by atoms with van der Waals surface area (Å²) in [5.41, 5.74) is 4.25. The van der Waals surface area contributed by atoms with Crippen LogP contribution in [0.15, 0.2) is 47.4 Å². The van der Waals surface area contributed by atoms with Crippen LogP contribution in [0.1, 0.15) is 28.1 Å². The summed E-state index contributed by atoms with van der Waals surface area (Å²) in [5.74, 6) is 0.525. The molecule has 0 atom stereocenters. The first-order valence-corrected chi connectivity index (χ1v) is 9.87. The predicted molar refractivity (Wildman–Crippen MR) is 118 cm³/mol. The molecule has 160 valence electrons. The molecular weight excluding hydrogens is 408 g/mol. The van der Waals surface area contributed by atoms with Gasteiger partial charge in [0.15, 0.2) is 5.65 Å². The molecular formula is C23H20N6O3. The highest BCUT2D eigenvalue weighted by molar-refractivity contribution is 5.93. The summed E-state index contributed by atoms with van der Waals surface area (Å²) in [6, 6.07) is 12.0. The molecule has 1 aromatic carbocycles. The van der Waals surface area contributed by atoms with E-state index in [1.165, 1.54) is 6.07 Å². The van der Waals surface area contributed by atoms with Crippen molar-refractivity contribution < 1.29 is 9.53 Å². The standard InChI is InChI=1S/C23H20N6O3/c1-13-9-17(32-23-16(12-24)5-4-8-25-23)6-7-19(13)27-21(30)10-18-14(2)26-20-11-22(31)28-29(20)15(18)3/h4-9,11H,10H2,1-3H3,(H,27,30)(H,28,31). The van der Waals surface area contributed by atoms with E-state index in [0.717, 1.165) is 16.8 Å². The highest BCUT2D eigenvalue weighted by Crippen LogP contribution is 2.27. The number of fused-ring (bicyclic) bond motifs is 1.